The Kier molecular flexibility index (Phi) is 8.24. The lowest BCUT2D eigenvalue weighted by molar-refractivity contribution is -0.145. The molecule has 0 unspecified atom stereocenters. The highest BCUT2D eigenvalue weighted by Crippen LogP contribution is 2.09. The van der Waals surface area contributed by atoms with Crippen LogP contribution in [-0.2, 0) is 23.9 Å². The minimum Gasteiger partial charge on any atom is -0.466 e. The Morgan fingerprint density at radius 2 is 1.58 bits per heavy atom. The van der Waals surface area contributed by atoms with Crippen LogP contribution in [0.15, 0.2) is 11.3 Å². The van der Waals surface area contributed by atoms with Crippen molar-refractivity contribution in [2.45, 2.75) is 40.5 Å². The lowest BCUT2D eigenvalue weighted by Crippen LogP contribution is -2.27. The van der Waals surface area contributed by atoms with Gasteiger partial charge in [-0.05, 0) is 27.2 Å². The molecule has 0 aliphatic carbocycles. The van der Waals surface area contributed by atoms with E-state index in [0.29, 0.717) is 17.7 Å². The smallest absolute Gasteiger partial charge is 0.335 e. The van der Waals surface area contributed by atoms with E-state index in [1.54, 1.807) is 27.7 Å². The summed E-state index contributed by atoms with van der Waals surface area (Å²) >= 11 is 0. The summed E-state index contributed by atoms with van der Waals surface area (Å²) in [6.45, 7) is 7.25. The number of esters is 2. The molecule has 6 heteroatoms. The van der Waals surface area contributed by atoms with Crippen molar-refractivity contribution in [1.82, 2.24) is 5.32 Å². The van der Waals surface area contributed by atoms with Gasteiger partial charge in [0.05, 0.1) is 18.8 Å². The minimum atomic E-state index is -0.595. The molecule has 0 bridgehead atoms. The van der Waals surface area contributed by atoms with Crippen LogP contribution in [0.5, 0.6) is 0 Å². The molecule has 6 nitrogen and oxygen atoms in total. The molecule has 0 aromatic rings. The lowest BCUT2D eigenvalue weighted by Gasteiger charge is -2.11. The predicted octanol–water partition coefficient (Wildman–Crippen LogP) is 1.30. The number of rotatable bonds is 7. The van der Waals surface area contributed by atoms with Crippen LogP contribution >= 0.6 is 0 Å². The fourth-order valence-corrected chi connectivity index (χ4v) is 1.45. The fraction of sp³-hybridized carbons (Fsp3) is 0.615. The molecule has 0 fully saturated rings. The van der Waals surface area contributed by atoms with Gasteiger partial charge in [-0.2, -0.15) is 0 Å². The summed E-state index contributed by atoms with van der Waals surface area (Å²) < 4.78 is 9.54. The number of nitrogens with one attached hydrogen (secondary N) is 1. The number of allylic oxidation sites excluding steroid dienone is 1. The average molecular weight is 271 g/mol. The number of carbonyl (C=O) groups is 3. The van der Waals surface area contributed by atoms with E-state index in [9.17, 15) is 14.4 Å². The van der Waals surface area contributed by atoms with Gasteiger partial charge in [0.1, 0.15) is 6.42 Å². The van der Waals surface area contributed by atoms with Crippen molar-refractivity contribution in [3.05, 3.63) is 11.3 Å². The molecule has 0 aliphatic heterocycles. The van der Waals surface area contributed by atoms with Gasteiger partial charge in [0.2, 0.25) is 5.91 Å². The van der Waals surface area contributed by atoms with E-state index < -0.39 is 17.8 Å². The van der Waals surface area contributed by atoms with Gasteiger partial charge in [0.25, 0.3) is 0 Å². The molecule has 0 heterocycles. The average Bonchev–Trinajstić information content (AvgIpc) is 2.29. The minimum absolute atomic E-state index is 0.226. The zero-order valence-electron chi connectivity index (χ0n) is 11.9. The lowest BCUT2D eigenvalue weighted by atomic mass is 10.1. The highest BCUT2D eigenvalue weighted by Gasteiger charge is 2.15. The first-order chi connectivity index (χ1) is 8.96. The summed E-state index contributed by atoms with van der Waals surface area (Å²) in [5.41, 5.74) is 0.786. The molecule has 0 radical (unpaired) electrons. The molecule has 0 aliphatic rings. The van der Waals surface area contributed by atoms with Crippen LogP contribution in [0.1, 0.15) is 40.5 Å². The topological polar surface area (TPSA) is 81.7 Å². The molecule has 0 aromatic heterocycles. The van der Waals surface area contributed by atoms with E-state index >= 15 is 0 Å². The van der Waals surface area contributed by atoms with Gasteiger partial charge in [-0.25, -0.2) is 4.79 Å². The quantitative estimate of drug-likeness (QED) is 0.429. The van der Waals surface area contributed by atoms with E-state index in [4.69, 9.17) is 4.74 Å². The number of amides is 1. The van der Waals surface area contributed by atoms with Crippen LogP contribution in [0.4, 0.5) is 0 Å². The molecule has 1 N–H and O–H groups in total. The van der Waals surface area contributed by atoms with Crippen LogP contribution in [0.2, 0.25) is 0 Å². The molecule has 108 valence electrons. The number of hydrogen-bond acceptors (Lipinski definition) is 5. The molecule has 0 saturated carbocycles. The van der Waals surface area contributed by atoms with Crippen molar-refractivity contribution in [2.24, 2.45) is 0 Å². The molecule has 0 aromatic carbocycles. The van der Waals surface area contributed by atoms with Gasteiger partial charge in [-0.1, -0.05) is 6.92 Å². The molecule has 1 amide bonds. The largest absolute Gasteiger partial charge is 0.466 e. The zero-order chi connectivity index (χ0) is 14.8. The Balaban J connectivity index is 4.61. The molecule has 0 saturated heterocycles. The van der Waals surface area contributed by atoms with Crippen molar-refractivity contribution in [2.75, 3.05) is 13.2 Å². The molecular formula is C13H21NO5. The van der Waals surface area contributed by atoms with Crippen LogP contribution in [0.3, 0.4) is 0 Å². The monoisotopic (exact) mass is 271 g/mol. The van der Waals surface area contributed by atoms with Crippen molar-refractivity contribution in [3.8, 4) is 0 Å². The number of hydrogen-bond donors (Lipinski definition) is 1. The summed E-state index contributed by atoms with van der Waals surface area (Å²) in [6, 6.07) is 0. The first-order valence-electron chi connectivity index (χ1n) is 6.28. The Bertz CT molecular complexity index is 373. The predicted molar refractivity (Wildman–Crippen MR) is 69.0 cm³/mol. The van der Waals surface area contributed by atoms with E-state index in [-0.39, 0.29) is 19.6 Å². The van der Waals surface area contributed by atoms with Gasteiger partial charge < -0.3 is 14.8 Å². The molecular weight excluding hydrogens is 250 g/mol. The summed E-state index contributed by atoms with van der Waals surface area (Å²) in [5, 5.41) is 2.50. The van der Waals surface area contributed by atoms with E-state index in [2.05, 4.69) is 10.1 Å². The molecule has 0 atom stereocenters. The first-order valence-corrected chi connectivity index (χ1v) is 6.28. The third kappa shape index (κ3) is 6.59. The highest BCUT2D eigenvalue weighted by molar-refractivity contribution is 5.96. The van der Waals surface area contributed by atoms with Crippen LogP contribution < -0.4 is 5.32 Å². The van der Waals surface area contributed by atoms with Gasteiger partial charge >= 0.3 is 11.9 Å². The molecule has 0 spiro atoms. The Morgan fingerprint density at radius 1 is 1.00 bits per heavy atom. The third-order valence-corrected chi connectivity index (χ3v) is 2.27. The second kappa shape index (κ2) is 9.13. The number of ether oxygens (including phenoxy) is 2. The summed E-state index contributed by atoms with van der Waals surface area (Å²) in [7, 11) is 0. The highest BCUT2D eigenvalue weighted by atomic mass is 16.5. The maximum Gasteiger partial charge on any atom is 0.335 e. The first kappa shape index (κ1) is 17.2. The van der Waals surface area contributed by atoms with E-state index in [0.717, 1.165) is 0 Å². The fourth-order valence-electron chi connectivity index (χ4n) is 1.45. The van der Waals surface area contributed by atoms with Gasteiger partial charge in [0.15, 0.2) is 0 Å². The Labute approximate surface area is 113 Å². The normalized spacial score (nSPS) is 11.4. The van der Waals surface area contributed by atoms with Crippen molar-refractivity contribution in [3.63, 3.8) is 0 Å². The van der Waals surface area contributed by atoms with Gasteiger partial charge in [0, 0.05) is 5.70 Å². The van der Waals surface area contributed by atoms with E-state index in [1.165, 1.54) is 0 Å². The standard InChI is InChI=1S/C13H21NO5/c1-5-10(13(17)19-7-3)9(4)14-11(15)8-12(16)18-6-2/h5-8H2,1-4H3,(H,14,15)/b10-9-. The number of carbonyl (C=O) groups excluding carboxylic acids is 3. The SMILES string of the molecule is CCOC(=O)CC(=O)N/C(C)=C(/CC)C(=O)OCC. The molecule has 19 heavy (non-hydrogen) atoms. The summed E-state index contributed by atoms with van der Waals surface area (Å²) in [4.78, 5) is 34.3. The maximum atomic E-state index is 11.6. The summed E-state index contributed by atoms with van der Waals surface area (Å²) in [6.07, 6.45) is 0.0648. The maximum absolute atomic E-state index is 11.6. The van der Waals surface area contributed by atoms with Crippen molar-refractivity contribution in [1.29, 1.82) is 0 Å². The van der Waals surface area contributed by atoms with Crippen LogP contribution in [0, 0.1) is 0 Å². The third-order valence-electron chi connectivity index (χ3n) is 2.27. The zero-order valence-corrected chi connectivity index (χ0v) is 11.9. The van der Waals surface area contributed by atoms with Crippen LogP contribution in [0.25, 0.3) is 0 Å². The van der Waals surface area contributed by atoms with Crippen molar-refractivity contribution >= 4 is 17.8 Å². The molecule has 0 rings (SSSR count). The summed E-state index contributed by atoms with van der Waals surface area (Å²) in [5.74, 6) is -1.56. The van der Waals surface area contributed by atoms with Crippen molar-refractivity contribution < 1.29 is 23.9 Å². The second-order valence-electron chi connectivity index (χ2n) is 3.71. The van der Waals surface area contributed by atoms with Gasteiger partial charge in [-0.15, -0.1) is 0 Å². The second-order valence-corrected chi connectivity index (χ2v) is 3.71. The Hall–Kier alpha value is -1.85. The Morgan fingerprint density at radius 3 is 2.05 bits per heavy atom. The van der Waals surface area contributed by atoms with Crippen LogP contribution in [-0.4, -0.2) is 31.1 Å². The van der Waals surface area contributed by atoms with Gasteiger partial charge in [-0.3, -0.25) is 9.59 Å². The van der Waals surface area contributed by atoms with E-state index in [1.807, 2.05) is 0 Å².